The van der Waals surface area contributed by atoms with Crippen LogP contribution in [-0.4, -0.2) is 39.6 Å². The second-order valence-electron chi connectivity index (χ2n) is 9.67. The van der Waals surface area contributed by atoms with Crippen LogP contribution in [0.2, 0.25) is 5.02 Å². The van der Waals surface area contributed by atoms with Gasteiger partial charge in [0.2, 0.25) is 0 Å². The number of nitrogens with one attached hydrogen (secondary N) is 2. The van der Waals surface area contributed by atoms with Gasteiger partial charge in [-0.05, 0) is 47.2 Å². The molecule has 2 aromatic carbocycles. The van der Waals surface area contributed by atoms with E-state index in [4.69, 9.17) is 11.6 Å². The van der Waals surface area contributed by atoms with Crippen molar-refractivity contribution in [3.05, 3.63) is 63.8 Å². The number of halogens is 1. The van der Waals surface area contributed by atoms with Gasteiger partial charge in [0.15, 0.2) is 0 Å². The van der Waals surface area contributed by atoms with Gasteiger partial charge in [0.05, 0.1) is 0 Å². The zero-order valence-corrected chi connectivity index (χ0v) is 21.8. The lowest BCUT2D eigenvalue weighted by molar-refractivity contribution is -0.0181. The Morgan fingerprint density at radius 2 is 1.85 bits per heavy atom. The number of fused-ring (bicyclic) bond motifs is 1. The Bertz CT molecular complexity index is 1120. The molecule has 3 N–H and O–H groups in total. The maximum Gasteiger partial charge on any atom is 0.340 e. The van der Waals surface area contributed by atoms with Crippen LogP contribution in [0.15, 0.2) is 41.3 Å². The molecular weight excluding hydrogens is 454 g/mol. The monoisotopic (exact) mass is 487 g/mol. The molecule has 7 heteroatoms. The first-order valence-corrected chi connectivity index (χ1v) is 12.5. The molecule has 0 bridgehead atoms. The summed E-state index contributed by atoms with van der Waals surface area (Å²) in [5.74, 6) is 0.391. The van der Waals surface area contributed by atoms with E-state index in [1.165, 1.54) is 34.0 Å². The van der Waals surface area contributed by atoms with Crippen molar-refractivity contribution in [2.24, 2.45) is 0 Å². The summed E-state index contributed by atoms with van der Waals surface area (Å²) in [5, 5.41) is 14.6. The SMILES string of the molecule is CC(C)c1ccc2[nH]c(CCNC(=O)N(C)O)c(SC(C)(C)C)c2c1Cc1ccc(Cl)cc1. The topological polar surface area (TPSA) is 68.4 Å². The first-order valence-electron chi connectivity index (χ1n) is 11.3. The summed E-state index contributed by atoms with van der Waals surface area (Å²) in [4.78, 5) is 16.6. The van der Waals surface area contributed by atoms with Crippen LogP contribution in [-0.2, 0) is 12.8 Å². The minimum absolute atomic E-state index is 0.0177. The van der Waals surface area contributed by atoms with Gasteiger partial charge in [-0.3, -0.25) is 5.21 Å². The van der Waals surface area contributed by atoms with Gasteiger partial charge in [-0.1, -0.05) is 64.4 Å². The molecule has 2 amide bonds. The van der Waals surface area contributed by atoms with Gasteiger partial charge in [0.1, 0.15) is 0 Å². The Balaban J connectivity index is 2.11. The summed E-state index contributed by atoms with van der Waals surface area (Å²) < 4.78 is 0.0177. The molecule has 0 spiro atoms. The van der Waals surface area contributed by atoms with E-state index in [0.29, 0.717) is 23.9 Å². The molecule has 0 fully saturated rings. The van der Waals surface area contributed by atoms with Crippen LogP contribution in [0.1, 0.15) is 62.9 Å². The molecule has 33 heavy (non-hydrogen) atoms. The van der Waals surface area contributed by atoms with Gasteiger partial charge in [0, 0.05) is 51.3 Å². The Hall–Kier alpha value is -2.15. The molecule has 3 rings (SSSR count). The molecule has 178 valence electrons. The molecule has 1 heterocycles. The van der Waals surface area contributed by atoms with Crippen LogP contribution in [0.25, 0.3) is 10.9 Å². The van der Waals surface area contributed by atoms with Crippen LogP contribution in [0, 0.1) is 0 Å². The van der Waals surface area contributed by atoms with Crippen LogP contribution in [0.3, 0.4) is 0 Å². The van der Waals surface area contributed by atoms with Crippen molar-refractivity contribution in [3.63, 3.8) is 0 Å². The van der Waals surface area contributed by atoms with Gasteiger partial charge in [-0.15, -0.1) is 11.8 Å². The number of carbonyl (C=O) groups excluding carboxylic acids is 1. The van der Waals surface area contributed by atoms with Gasteiger partial charge >= 0.3 is 6.03 Å². The predicted molar refractivity (Wildman–Crippen MR) is 139 cm³/mol. The number of rotatable bonds is 7. The standard InChI is InChI=1S/C26H34ClN3O2S/c1-16(2)19-11-12-21-23(20(19)15-17-7-9-18(27)10-8-17)24(33-26(3,4)5)22(29-21)13-14-28-25(31)30(6)32/h7-12,16,29,32H,13-15H2,1-6H3,(H,28,31). The van der Waals surface area contributed by atoms with Crippen LogP contribution in [0.4, 0.5) is 4.79 Å². The van der Waals surface area contributed by atoms with E-state index in [0.717, 1.165) is 22.7 Å². The molecule has 0 atom stereocenters. The summed E-state index contributed by atoms with van der Waals surface area (Å²) >= 11 is 7.98. The zero-order valence-electron chi connectivity index (χ0n) is 20.3. The molecule has 0 unspecified atom stereocenters. The fraction of sp³-hybridized carbons (Fsp3) is 0.423. The maximum atomic E-state index is 11.8. The van der Waals surface area contributed by atoms with Crippen molar-refractivity contribution in [3.8, 4) is 0 Å². The van der Waals surface area contributed by atoms with E-state index in [-0.39, 0.29) is 4.75 Å². The quantitative estimate of drug-likeness (QED) is 0.191. The maximum absolute atomic E-state index is 11.8. The summed E-state index contributed by atoms with van der Waals surface area (Å²) in [6.45, 7) is 11.5. The van der Waals surface area contributed by atoms with Gasteiger partial charge in [-0.25, -0.2) is 9.86 Å². The van der Waals surface area contributed by atoms with Crippen molar-refractivity contribution < 1.29 is 10.0 Å². The number of benzene rings is 2. The lowest BCUT2D eigenvalue weighted by Crippen LogP contribution is -2.36. The number of nitrogens with zero attached hydrogens (tertiary/aromatic N) is 1. The Morgan fingerprint density at radius 3 is 2.42 bits per heavy atom. The van der Waals surface area contributed by atoms with E-state index < -0.39 is 6.03 Å². The summed E-state index contributed by atoms with van der Waals surface area (Å²) in [6.07, 6.45) is 1.47. The first-order chi connectivity index (χ1) is 15.5. The van der Waals surface area contributed by atoms with Crippen molar-refractivity contribution >= 4 is 40.3 Å². The van der Waals surface area contributed by atoms with Crippen LogP contribution in [0.5, 0.6) is 0 Å². The Morgan fingerprint density at radius 1 is 1.18 bits per heavy atom. The molecule has 3 aromatic rings. The molecule has 0 radical (unpaired) electrons. The number of aromatic amines is 1. The number of hydroxylamine groups is 2. The Labute approximate surface area is 205 Å². The first kappa shape index (κ1) is 25.5. The van der Waals surface area contributed by atoms with E-state index in [9.17, 15) is 10.0 Å². The van der Waals surface area contributed by atoms with Crippen molar-refractivity contribution in [2.45, 2.75) is 63.0 Å². The summed E-state index contributed by atoms with van der Waals surface area (Å²) in [5.41, 5.74) is 6.11. The average Bonchev–Trinajstić information content (AvgIpc) is 3.05. The van der Waals surface area contributed by atoms with E-state index >= 15 is 0 Å². The van der Waals surface area contributed by atoms with Crippen molar-refractivity contribution in [1.29, 1.82) is 0 Å². The molecular formula is C26H34ClN3O2S. The van der Waals surface area contributed by atoms with Crippen LogP contribution >= 0.6 is 23.4 Å². The highest BCUT2D eigenvalue weighted by Gasteiger charge is 2.23. The molecule has 0 aliphatic heterocycles. The minimum atomic E-state index is -0.512. The molecule has 5 nitrogen and oxygen atoms in total. The second kappa shape index (κ2) is 10.4. The number of carbonyl (C=O) groups is 1. The second-order valence-corrected chi connectivity index (χ2v) is 11.9. The largest absolute Gasteiger partial charge is 0.357 e. The molecule has 0 saturated heterocycles. The average molecular weight is 488 g/mol. The van der Waals surface area contributed by atoms with Gasteiger partial charge in [-0.2, -0.15) is 0 Å². The highest BCUT2D eigenvalue weighted by molar-refractivity contribution is 8.00. The lowest BCUT2D eigenvalue weighted by Gasteiger charge is -2.21. The predicted octanol–water partition coefficient (Wildman–Crippen LogP) is 7.00. The number of thioether (sulfide) groups is 1. The molecule has 0 aliphatic carbocycles. The van der Waals surface area contributed by atoms with Crippen molar-refractivity contribution in [1.82, 2.24) is 15.4 Å². The van der Waals surface area contributed by atoms with E-state index in [1.54, 1.807) is 0 Å². The highest BCUT2D eigenvalue weighted by atomic mass is 35.5. The van der Waals surface area contributed by atoms with E-state index in [1.807, 2.05) is 23.9 Å². The fourth-order valence-electron chi connectivity index (χ4n) is 3.94. The summed E-state index contributed by atoms with van der Waals surface area (Å²) in [6, 6.07) is 12.0. The third kappa shape index (κ3) is 6.46. The third-order valence-electron chi connectivity index (χ3n) is 5.41. The normalized spacial score (nSPS) is 11.9. The van der Waals surface area contributed by atoms with Crippen molar-refractivity contribution in [2.75, 3.05) is 13.6 Å². The van der Waals surface area contributed by atoms with Crippen LogP contribution < -0.4 is 5.32 Å². The van der Waals surface area contributed by atoms with Gasteiger partial charge < -0.3 is 10.3 Å². The number of H-pyrrole nitrogens is 1. The number of hydrogen-bond acceptors (Lipinski definition) is 3. The molecule has 0 saturated carbocycles. The number of urea groups is 1. The molecule has 0 aliphatic rings. The van der Waals surface area contributed by atoms with Gasteiger partial charge in [0.25, 0.3) is 0 Å². The Kier molecular flexibility index (Phi) is 8.04. The number of hydrogen-bond donors (Lipinski definition) is 3. The fourth-order valence-corrected chi connectivity index (χ4v) is 5.29. The number of amides is 2. The molecule has 1 aromatic heterocycles. The highest BCUT2D eigenvalue weighted by Crippen LogP contribution is 2.43. The third-order valence-corrected chi connectivity index (χ3v) is 6.92. The zero-order chi connectivity index (χ0) is 24.3. The number of aromatic nitrogens is 1. The summed E-state index contributed by atoms with van der Waals surface area (Å²) in [7, 11) is 1.32. The lowest BCUT2D eigenvalue weighted by atomic mass is 9.90. The smallest absolute Gasteiger partial charge is 0.340 e. The van der Waals surface area contributed by atoms with E-state index in [2.05, 4.69) is 69.2 Å². The minimum Gasteiger partial charge on any atom is -0.357 e.